The number of hydrogen-bond acceptors (Lipinski definition) is 2. The number of ether oxygens (including phenoxy) is 1. The van der Waals surface area contributed by atoms with Gasteiger partial charge in [-0.2, -0.15) is 0 Å². The average molecular weight is 437 g/mol. The lowest BCUT2D eigenvalue weighted by atomic mass is 10.0. The number of carbonyl (C=O) groups excluding carboxylic acids is 1. The minimum absolute atomic E-state index is 0.0702. The molecule has 0 saturated heterocycles. The third-order valence-electron chi connectivity index (χ3n) is 6.37. The van der Waals surface area contributed by atoms with Gasteiger partial charge in [0.25, 0.3) is 0 Å². The van der Waals surface area contributed by atoms with Crippen molar-refractivity contribution in [1.82, 2.24) is 0 Å². The molecule has 2 heteroatoms. The maximum Gasteiger partial charge on any atom is 0.305 e. The summed E-state index contributed by atoms with van der Waals surface area (Å²) < 4.78 is 4.66. The van der Waals surface area contributed by atoms with Crippen molar-refractivity contribution in [2.75, 3.05) is 7.11 Å². The van der Waals surface area contributed by atoms with Crippen molar-refractivity contribution in [3.63, 3.8) is 0 Å². The van der Waals surface area contributed by atoms with Crippen LogP contribution in [0.2, 0.25) is 0 Å². The first kappa shape index (κ1) is 30.2. The van der Waals surface area contributed by atoms with Gasteiger partial charge in [-0.3, -0.25) is 4.79 Å². The normalized spacial score (nSPS) is 11.4. The summed E-state index contributed by atoms with van der Waals surface area (Å²) >= 11 is 0. The molecule has 0 rings (SSSR count). The number of unbranched alkanes of at least 4 members (excludes halogenated alkanes) is 21. The Labute approximate surface area is 196 Å². The van der Waals surface area contributed by atoms with Crippen molar-refractivity contribution in [2.24, 2.45) is 0 Å². The van der Waals surface area contributed by atoms with Crippen LogP contribution >= 0.6 is 0 Å². The van der Waals surface area contributed by atoms with E-state index in [0.717, 1.165) is 12.8 Å². The minimum atomic E-state index is -0.0702. The second-order valence-electron chi connectivity index (χ2n) is 9.45. The Balaban J connectivity index is 3.09. The Hall–Kier alpha value is -0.790. The third kappa shape index (κ3) is 27.2. The van der Waals surface area contributed by atoms with Crippen LogP contribution in [0.5, 0.6) is 0 Å². The lowest BCUT2D eigenvalue weighted by molar-refractivity contribution is -0.140. The maximum absolute atomic E-state index is 11.0. The third-order valence-corrected chi connectivity index (χ3v) is 6.37. The number of hydrogen-bond donors (Lipinski definition) is 0. The smallest absolute Gasteiger partial charge is 0.305 e. The summed E-state index contributed by atoms with van der Waals surface area (Å²) in [4.78, 5) is 11.0. The zero-order valence-electron chi connectivity index (χ0n) is 21.4. The quantitative estimate of drug-likeness (QED) is 0.0808. The number of carbonyl (C=O) groups is 1. The van der Waals surface area contributed by atoms with Crippen LogP contribution in [0.25, 0.3) is 0 Å². The molecule has 2 nitrogen and oxygen atoms in total. The van der Waals surface area contributed by atoms with Crippen LogP contribution in [0.3, 0.4) is 0 Å². The van der Waals surface area contributed by atoms with Crippen LogP contribution < -0.4 is 0 Å². The fourth-order valence-corrected chi connectivity index (χ4v) is 4.21. The van der Waals surface area contributed by atoms with Gasteiger partial charge in [0, 0.05) is 6.42 Å². The second kappa shape index (κ2) is 27.2. The van der Waals surface area contributed by atoms with E-state index < -0.39 is 0 Å². The van der Waals surface area contributed by atoms with Crippen molar-refractivity contribution >= 4 is 5.97 Å². The molecule has 0 fully saturated rings. The molecule has 0 aliphatic carbocycles. The first-order valence-corrected chi connectivity index (χ1v) is 14.0. The average Bonchev–Trinajstić information content (AvgIpc) is 2.78. The number of esters is 1. The van der Waals surface area contributed by atoms with E-state index in [0.29, 0.717) is 6.42 Å². The number of allylic oxidation sites excluding steroid dienone is 2. The molecule has 184 valence electrons. The zero-order valence-corrected chi connectivity index (χ0v) is 21.4. The summed E-state index contributed by atoms with van der Waals surface area (Å²) in [6.45, 7) is 2.29. The van der Waals surface area contributed by atoms with Gasteiger partial charge in [0.1, 0.15) is 0 Å². The van der Waals surface area contributed by atoms with Gasteiger partial charge in [0.2, 0.25) is 0 Å². The van der Waals surface area contributed by atoms with Crippen LogP contribution in [0.4, 0.5) is 0 Å². The van der Waals surface area contributed by atoms with Gasteiger partial charge >= 0.3 is 5.97 Å². The van der Waals surface area contributed by atoms with E-state index in [9.17, 15) is 4.79 Å². The SMILES string of the molecule is CCCCCCCCCCCCCCCCC/C=C\CCCCCCCCC(=O)OC. The molecule has 0 radical (unpaired) electrons. The first-order chi connectivity index (χ1) is 15.3. The summed E-state index contributed by atoms with van der Waals surface area (Å²) in [5.74, 6) is -0.0702. The molecule has 0 N–H and O–H groups in total. The lowest BCUT2D eigenvalue weighted by Gasteiger charge is -2.03. The Morgan fingerprint density at radius 1 is 0.516 bits per heavy atom. The zero-order chi connectivity index (χ0) is 22.7. The highest BCUT2D eigenvalue weighted by molar-refractivity contribution is 5.68. The van der Waals surface area contributed by atoms with Gasteiger partial charge in [0.05, 0.1) is 7.11 Å². The summed E-state index contributed by atoms with van der Waals surface area (Å²) in [5.41, 5.74) is 0. The molecule has 0 aliphatic rings. The minimum Gasteiger partial charge on any atom is -0.469 e. The number of methoxy groups -OCH3 is 1. The molecule has 0 atom stereocenters. The lowest BCUT2D eigenvalue weighted by Crippen LogP contribution is -1.99. The Kier molecular flexibility index (Phi) is 26.5. The molecule has 0 aromatic rings. The molecule has 0 aromatic heterocycles. The molecule has 0 saturated carbocycles. The molecule has 0 amide bonds. The summed E-state index contributed by atoms with van der Waals surface area (Å²) in [6.07, 6.45) is 36.8. The van der Waals surface area contributed by atoms with E-state index in [1.54, 1.807) is 0 Å². The van der Waals surface area contributed by atoms with Gasteiger partial charge in [-0.1, -0.05) is 135 Å². The Bertz CT molecular complexity index is 375. The van der Waals surface area contributed by atoms with Crippen molar-refractivity contribution in [3.05, 3.63) is 12.2 Å². The molecule has 0 aromatic carbocycles. The van der Waals surface area contributed by atoms with E-state index in [1.165, 1.54) is 142 Å². The molecular weight excluding hydrogens is 380 g/mol. The van der Waals surface area contributed by atoms with Crippen LogP contribution in [0, 0.1) is 0 Å². The monoisotopic (exact) mass is 436 g/mol. The highest BCUT2D eigenvalue weighted by Crippen LogP contribution is 2.14. The van der Waals surface area contributed by atoms with Gasteiger partial charge in [-0.25, -0.2) is 0 Å². The van der Waals surface area contributed by atoms with Gasteiger partial charge in [-0.05, 0) is 32.1 Å². The Morgan fingerprint density at radius 2 is 0.839 bits per heavy atom. The van der Waals surface area contributed by atoms with E-state index in [-0.39, 0.29) is 5.97 Å². The molecule has 31 heavy (non-hydrogen) atoms. The summed E-state index contributed by atoms with van der Waals surface area (Å²) in [7, 11) is 1.47. The van der Waals surface area contributed by atoms with Crippen molar-refractivity contribution in [3.8, 4) is 0 Å². The van der Waals surface area contributed by atoms with Crippen LogP contribution in [-0.4, -0.2) is 13.1 Å². The summed E-state index contributed by atoms with van der Waals surface area (Å²) in [5, 5.41) is 0. The van der Waals surface area contributed by atoms with Crippen molar-refractivity contribution in [2.45, 2.75) is 161 Å². The molecule has 0 spiro atoms. The van der Waals surface area contributed by atoms with Gasteiger partial charge in [-0.15, -0.1) is 0 Å². The standard InChI is InChI=1S/C29H56O2/c1-3-4-5-6-7-8-9-10-11-12-13-14-15-16-17-18-19-20-21-22-23-24-25-26-27-28-29(30)31-2/h19-20H,3-18,21-28H2,1-2H3/b20-19-. The second-order valence-corrected chi connectivity index (χ2v) is 9.45. The molecule has 0 heterocycles. The van der Waals surface area contributed by atoms with E-state index >= 15 is 0 Å². The largest absolute Gasteiger partial charge is 0.469 e. The fraction of sp³-hybridized carbons (Fsp3) is 0.897. The summed E-state index contributed by atoms with van der Waals surface area (Å²) in [6, 6.07) is 0. The topological polar surface area (TPSA) is 26.3 Å². The predicted molar refractivity (Wildman–Crippen MR) is 138 cm³/mol. The van der Waals surface area contributed by atoms with Crippen LogP contribution in [0.15, 0.2) is 12.2 Å². The highest BCUT2D eigenvalue weighted by atomic mass is 16.5. The molecule has 0 unspecified atom stereocenters. The predicted octanol–water partition coefficient (Wildman–Crippen LogP) is 10.1. The van der Waals surface area contributed by atoms with Crippen LogP contribution in [-0.2, 0) is 9.53 Å². The fourth-order valence-electron chi connectivity index (χ4n) is 4.21. The highest BCUT2D eigenvalue weighted by Gasteiger charge is 1.99. The number of rotatable bonds is 25. The van der Waals surface area contributed by atoms with E-state index in [4.69, 9.17) is 0 Å². The van der Waals surface area contributed by atoms with E-state index in [1.807, 2.05) is 0 Å². The molecule has 0 aliphatic heterocycles. The van der Waals surface area contributed by atoms with Crippen LogP contribution in [0.1, 0.15) is 161 Å². The maximum atomic E-state index is 11.0. The van der Waals surface area contributed by atoms with Gasteiger partial charge in [0.15, 0.2) is 0 Å². The van der Waals surface area contributed by atoms with E-state index in [2.05, 4.69) is 23.8 Å². The van der Waals surface area contributed by atoms with Crippen molar-refractivity contribution in [1.29, 1.82) is 0 Å². The Morgan fingerprint density at radius 3 is 1.19 bits per heavy atom. The van der Waals surface area contributed by atoms with Crippen molar-refractivity contribution < 1.29 is 9.53 Å². The molecule has 0 bridgehead atoms. The molecular formula is C29H56O2. The first-order valence-electron chi connectivity index (χ1n) is 14.0. The van der Waals surface area contributed by atoms with Gasteiger partial charge < -0.3 is 4.74 Å².